The summed E-state index contributed by atoms with van der Waals surface area (Å²) in [6, 6.07) is 14.5. The first-order chi connectivity index (χ1) is 12.1. The Bertz CT molecular complexity index is 965. The smallest absolute Gasteiger partial charge is 0.272 e. The van der Waals surface area contributed by atoms with Crippen LogP contribution in [0.4, 0.5) is 0 Å². The zero-order valence-corrected chi connectivity index (χ0v) is 14.1. The molecule has 1 aromatic heterocycles. The SMILES string of the molecule is COc1ccccc1[C@@H](C)NC(=O)Cc1n[nH]c(=O)c2ccccc12. The Hall–Kier alpha value is -3.15. The molecule has 2 aromatic carbocycles. The molecule has 3 rings (SSSR count). The van der Waals surface area contributed by atoms with Crippen LogP contribution in [-0.4, -0.2) is 23.2 Å². The summed E-state index contributed by atoms with van der Waals surface area (Å²) in [5.74, 6) is 0.547. The quantitative estimate of drug-likeness (QED) is 0.748. The molecule has 0 bridgehead atoms. The second kappa shape index (κ2) is 7.17. The van der Waals surface area contributed by atoms with Crippen LogP contribution in [0.15, 0.2) is 53.3 Å². The van der Waals surface area contributed by atoms with E-state index in [1.165, 1.54) is 0 Å². The Morgan fingerprint density at radius 1 is 1.16 bits per heavy atom. The van der Waals surface area contributed by atoms with Crippen molar-refractivity contribution in [3.63, 3.8) is 0 Å². The van der Waals surface area contributed by atoms with Crippen molar-refractivity contribution in [2.24, 2.45) is 0 Å². The summed E-state index contributed by atoms with van der Waals surface area (Å²) in [5, 5.41) is 10.6. The van der Waals surface area contributed by atoms with Gasteiger partial charge < -0.3 is 10.1 Å². The molecule has 6 nitrogen and oxygen atoms in total. The van der Waals surface area contributed by atoms with E-state index >= 15 is 0 Å². The van der Waals surface area contributed by atoms with Gasteiger partial charge in [0, 0.05) is 10.9 Å². The summed E-state index contributed by atoms with van der Waals surface area (Å²) in [7, 11) is 1.60. The van der Waals surface area contributed by atoms with Gasteiger partial charge >= 0.3 is 0 Å². The molecule has 128 valence electrons. The van der Waals surface area contributed by atoms with E-state index in [9.17, 15) is 9.59 Å². The first-order valence-corrected chi connectivity index (χ1v) is 7.98. The first-order valence-electron chi connectivity index (χ1n) is 7.98. The second-order valence-electron chi connectivity index (χ2n) is 5.75. The van der Waals surface area contributed by atoms with Crippen LogP contribution in [0.3, 0.4) is 0 Å². The fraction of sp³-hybridized carbons (Fsp3) is 0.211. The summed E-state index contributed by atoms with van der Waals surface area (Å²) in [4.78, 5) is 24.3. The van der Waals surface area contributed by atoms with Crippen molar-refractivity contribution in [1.29, 1.82) is 0 Å². The van der Waals surface area contributed by atoms with Gasteiger partial charge in [0.15, 0.2) is 0 Å². The van der Waals surface area contributed by atoms with E-state index in [4.69, 9.17) is 4.74 Å². The van der Waals surface area contributed by atoms with Crippen LogP contribution in [0.2, 0.25) is 0 Å². The summed E-state index contributed by atoms with van der Waals surface area (Å²) in [6.07, 6.45) is 0.0801. The van der Waals surface area contributed by atoms with Crippen molar-refractivity contribution in [3.8, 4) is 5.75 Å². The third-order valence-electron chi connectivity index (χ3n) is 4.09. The van der Waals surface area contributed by atoms with Crippen LogP contribution in [-0.2, 0) is 11.2 Å². The molecule has 0 saturated heterocycles. The molecule has 1 amide bonds. The summed E-state index contributed by atoms with van der Waals surface area (Å²) in [6.45, 7) is 1.90. The molecule has 1 heterocycles. The number of hydrogen-bond acceptors (Lipinski definition) is 4. The van der Waals surface area contributed by atoms with E-state index in [1.807, 2.05) is 37.3 Å². The van der Waals surface area contributed by atoms with Gasteiger partial charge in [0.05, 0.1) is 30.7 Å². The Labute approximate surface area is 144 Å². The number of H-pyrrole nitrogens is 1. The van der Waals surface area contributed by atoms with Crippen molar-refractivity contribution in [1.82, 2.24) is 15.5 Å². The fourth-order valence-electron chi connectivity index (χ4n) is 2.85. The lowest BCUT2D eigenvalue weighted by atomic mass is 10.1. The highest BCUT2D eigenvalue weighted by Gasteiger charge is 2.16. The number of ether oxygens (including phenoxy) is 1. The van der Waals surface area contributed by atoms with E-state index in [0.29, 0.717) is 16.5 Å². The van der Waals surface area contributed by atoms with Gasteiger partial charge in [-0.1, -0.05) is 36.4 Å². The first kappa shape index (κ1) is 16.7. The number of nitrogens with zero attached hydrogens (tertiary/aromatic N) is 1. The number of benzene rings is 2. The van der Waals surface area contributed by atoms with Crippen molar-refractivity contribution >= 4 is 16.7 Å². The minimum absolute atomic E-state index is 0.0801. The lowest BCUT2D eigenvalue weighted by molar-refractivity contribution is -0.121. The Morgan fingerprint density at radius 3 is 2.60 bits per heavy atom. The molecule has 25 heavy (non-hydrogen) atoms. The highest BCUT2D eigenvalue weighted by Crippen LogP contribution is 2.24. The van der Waals surface area contributed by atoms with E-state index in [0.717, 1.165) is 11.3 Å². The van der Waals surface area contributed by atoms with Gasteiger partial charge in [0.1, 0.15) is 5.75 Å². The third-order valence-corrected chi connectivity index (χ3v) is 4.09. The maximum atomic E-state index is 12.4. The van der Waals surface area contributed by atoms with E-state index < -0.39 is 0 Å². The van der Waals surface area contributed by atoms with E-state index in [1.54, 1.807) is 25.3 Å². The third kappa shape index (κ3) is 3.52. The fourth-order valence-corrected chi connectivity index (χ4v) is 2.85. The van der Waals surface area contributed by atoms with Crippen LogP contribution in [0.1, 0.15) is 24.2 Å². The van der Waals surface area contributed by atoms with Crippen molar-refractivity contribution in [3.05, 3.63) is 70.1 Å². The maximum Gasteiger partial charge on any atom is 0.272 e. The van der Waals surface area contributed by atoms with Crippen LogP contribution in [0.5, 0.6) is 5.75 Å². The van der Waals surface area contributed by atoms with Crippen LogP contribution in [0.25, 0.3) is 10.8 Å². The largest absolute Gasteiger partial charge is 0.496 e. The topological polar surface area (TPSA) is 84.1 Å². The molecule has 0 aliphatic heterocycles. The average molecular weight is 337 g/mol. The molecular formula is C19H19N3O3. The van der Waals surface area contributed by atoms with Crippen molar-refractivity contribution < 1.29 is 9.53 Å². The number of aromatic amines is 1. The number of nitrogens with one attached hydrogen (secondary N) is 2. The highest BCUT2D eigenvalue weighted by atomic mass is 16.5. The summed E-state index contributed by atoms with van der Waals surface area (Å²) < 4.78 is 5.33. The zero-order chi connectivity index (χ0) is 17.8. The molecule has 0 aliphatic rings. The van der Waals surface area contributed by atoms with Crippen LogP contribution >= 0.6 is 0 Å². The number of amides is 1. The standard InChI is InChI=1S/C19H19N3O3/c1-12(13-7-5-6-10-17(13)25-2)20-18(23)11-16-14-8-3-4-9-15(14)19(24)22-21-16/h3-10,12H,11H2,1-2H3,(H,20,23)(H,22,24)/t12-/m1/s1. The van der Waals surface area contributed by atoms with Gasteiger partial charge in [-0.15, -0.1) is 0 Å². The summed E-state index contributed by atoms with van der Waals surface area (Å²) >= 11 is 0. The molecule has 0 unspecified atom stereocenters. The van der Waals surface area contributed by atoms with Gasteiger partial charge in [-0.05, 0) is 19.1 Å². The molecule has 1 atom stereocenters. The number of para-hydroxylation sites is 1. The van der Waals surface area contributed by atoms with Crippen LogP contribution < -0.4 is 15.6 Å². The molecule has 0 spiro atoms. The number of carbonyl (C=O) groups is 1. The van der Waals surface area contributed by atoms with Gasteiger partial charge in [-0.3, -0.25) is 9.59 Å². The Balaban J connectivity index is 1.79. The van der Waals surface area contributed by atoms with Crippen LogP contribution in [0, 0.1) is 0 Å². The Morgan fingerprint density at radius 2 is 1.84 bits per heavy atom. The number of carbonyl (C=O) groups excluding carboxylic acids is 1. The molecule has 0 fully saturated rings. The normalized spacial score (nSPS) is 11.9. The van der Waals surface area contributed by atoms with E-state index in [-0.39, 0.29) is 23.9 Å². The molecule has 0 aliphatic carbocycles. The van der Waals surface area contributed by atoms with E-state index in [2.05, 4.69) is 15.5 Å². The summed E-state index contributed by atoms with van der Waals surface area (Å²) in [5.41, 5.74) is 1.18. The number of methoxy groups -OCH3 is 1. The molecule has 0 saturated carbocycles. The maximum absolute atomic E-state index is 12.4. The molecule has 0 radical (unpaired) electrons. The number of rotatable bonds is 5. The monoisotopic (exact) mass is 337 g/mol. The lowest BCUT2D eigenvalue weighted by Crippen LogP contribution is -2.29. The molecule has 2 N–H and O–H groups in total. The Kier molecular flexibility index (Phi) is 4.79. The van der Waals surface area contributed by atoms with Gasteiger partial charge in [-0.25, -0.2) is 5.10 Å². The minimum atomic E-state index is -0.262. The minimum Gasteiger partial charge on any atom is -0.496 e. The lowest BCUT2D eigenvalue weighted by Gasteiger charge is -2.17. The second-order valence-corrected chi connectivity index (χ2v) is 5.75. The molecule has 3 aromatic rings. The van der Waals surface area contributed by atoms with Gasteiger partial charge in [-0.2, -0.15) is 5.10 Å². The predicted octanol–water partition coefficient (Wildman–Crippen LogP) is 2.35. The zero-order valence-electron chi connectivity index (χ0n) is 14.1. The number of hydrogen-bond donors (Lipinski definition) is 2. The van der Waals surface area contributed by atoms with Crippen molar-refractivity contribution in [2.45, 2.75) is 19.4 Å². The number of fused-ring (bicyclic) bond motifs is 1. The molecular weight excluding hydrogens is 318 g/mol. The highest BCUT2D eigenvalue weighted by molar-refractivity contribution is 5.88. The number of aromatic nitrogens is 2. The average Bonchev–Trinajstić information content (AvgIpc) is 2.64. The predicted molar refractivity (Wildman–Crippen MR) is 95.6 cm³/mol. The van der Waals surface area contributed by atoms with Gasteiger partial charge in [0.2, 0.25) is 5.91 Å². The van der Waals surface area contributed by atoms with Gasteiger partial charge in [0.25, 0.3) is 5.56 Å². The molecule has 6 heteroatoms. The van der Waals surface area contributed by atoms with Crippen molar-refractivity contribution in [2.75, 3.05) is 7.11 Å².